The van der Waals surface area contributed by atoms with E-state index in [0.717, 1.165) is 30.1 Å². The van der Waals surface area contributed by atoms with Crippen LogP contribution in [-0.2, 0) is 7.05 Å². The van der Waals surface area contributed by atoms with Crippen molar-refractivity contribution in [2.24, 2.45) is 7.05 Å². The number of hydrogen-bond donors (Lipinski definition) is 2. The third-order valence-electron chi connectivity index (χ3n) is 5.67. The first-order chi connectivity index (χ1) is 14.4. The summed E-state index contributed by atoms with van der Waals surface area (Å²) >= 11 is 0. The van der Waals surface area contributed by atoms with Crippen LogP contribution in [0.4, 0.5) is 5.69 Å². The molecule has 1 saturated heterocycles. The highest BCUT2D eigenvalue weighted by atomic mass is 16.2. The molecule has 1 aliphatic heterocycles. The molecule has 4 rings (SSSR count). The second kappa shape index (κ2) is 8.14. The summed E-state index contributed by atoms with van der Waals surface area (Å²) in [5.74, 6) is 1.71. The van der Waals surface area contributed by atoms with E-state index in [1.807, 2.05) is 50.2 Å². The van der Waals surface area contributed by atoms with Crippen molar-refractivity contribution in [1.82, 2.24) is 24.6 Å². The number of nitrogens with zero attached hydrogens (tertiary/aromatic N) is 4. The van der Waals surface area contributed by atoms with Gasteiger partial charge >= 0.3 is 0 Å². The summed E-state index contributed by atoms with van der Waals surface area (Å²) < 4.78 is 1.76. The SMILES string of the molecule is Cc1nc(C2CCN(C(=O)c3ccc(C)c(NC(=O)c4cccn4C)c3)CC2)n[nH]1. The highest BCUT2D eigenvalue weighted by Gasteiger charge is 2.27. The van der Waals surface area contributed by atoms with E-state index in [-0.39, 0.29) is 17.7 Å². The van der Waals surface area contributed by atoms with Crippen LogP contribution in [0.15, 0.2) is 36.5 Å². The first kappa shape index (κ1) is 19.9. The summed E-state index contributed by atoms with van der Waals surface area (Å²) in [7, 11) is 1.82. The Morgan fingerprint density at radius 2 is 1.93 bits per heavy atom. The number of anilines is 1. The number of carbonyl (C=O) groups excluding carboxylic acids is 2. The molecule has 3 heterocycles. The van der Waals surface area contributed by atoms with Gasteiger partial charge in [-0.05, 0) is 56.5 Å². The molecule has 1 aliphatic rings. The van der Waals surface area contributed by atoms with Gasteiger partial charge in [-0.2, -0.15) is 5.10 Å². The van der Waals surface area contributed by atoms with Gasteiger partial charge in [0.25, 0.3) is 11.8 Å². The maximum absolute atomic E-state index is 13.1. The van der Waals surface area contributed by atoms with Gasteiger partial charge in [0, 0.05) is 43.5 Å². The van der Waals surface area contributed by atoms with Gasteiger partial charge in [-0.1, -0.05) is 6.07 Å². The van der Waals surface area contributed by atoms with Gasteiger partial charge < -0.3 is 14.8 Å². The van der Waals surface area contributed by atoms with Crippen molar-refractivity contribution in [2.45, 2.75) is 32.6 Å². The first-order valence-corrected chi connectivity index (χ1v) is 10.1. The Hall–Kier alpha value is -3.42. The second-order valence-electron chi connectivity index (χ2n) is 7.83. The molecular weight excluding hydrogens is 380 g/mol. The van der Waals surface area contributed by atoms with Gasteiger partial charge in [0.2, 0.25) is 0 Å². The number of carbonyl (C=O) groups is 2. The van der Waals surface area contributed by atoms with Crippen LogP contribution in [0.5, 0.6) is 0 Å². The van der Waals surface area contributed by atoms with Crippen LogP contribution in [0.2, 0.25) is 0 Å². The molecule has 30 heavy (non-hydrogen) atoms. The van der Waals surface area contributed by atoms with E-state index >= 15 is 0 Å². The topological polar surface area (TPSA) is 95.9 Å². The Morgan fingerprint density at radius 3 is 2.57 bits per heavy atom. The summed E-state index contributed by atoms with van der Waals surface area (Å²) in [5.41, 5.74) is 2.70. The van der Waals surface area contributed by atoms with E-state index in [1.54, 1.807) is 16.7 Å². The van der Waals surface area contributed by atoms with Gasteiger partial charge in [0.15, 0.2) is 5.82 Å². The van der Waals surface area contributed by atoms with Crippen molar-refractivity contribution in [3.63, 3.8) is 0 Å². The molecule has 3 aromatic rings. The number of aromatic nitrogens is 4. The lowest BCUT2D eigenvalue weighted by atomic mass is 9.95. The maximum Gasteiger partial charge on any atom is 0.272 e. The quantitative estimate of drug-likeness (QED) is 0.696. The molecule has 0 unspecified atom stereocenters. The molecule has 0 spiro atoms. The van der Waals surface area contributed by atoms with Gasteiger partial charge in [0.1, 0.15) is 11.5 Å². The van der Waals surface area contributed by atoms with Crippen LogP contribution in [0.25, 0.3) is 0 Å². The number of hydrogen-bond acceptors (Lipinski definition) is 4. The number of benzene rings is 1. The number of piperidine rings is 1. The lowest BCUT2D eigenvalue weighted by Crippen LogP contribution is -2.38. The van der Waals surface area contributed by atoms with Crippen LogP contribution in [0.1, 0.15) is 56.8 Å². The standard InChI is InChI=1S/C22H26N6O2/c1-14-6-7-17(13-18(14)24-21(29)19-5-4-10-27(19)3)22(30)28-11-8-16(9-12-28)20-23-15(2)25-26-20/h4-7,10,13,16H,8-9,11-12H2,1-3H3,(H,24,29)(H,23,25,26). The number of H-pyrrole nitrogens is 1. The van der Waals surface area contributed by atoms with Crippen molar-refractivity contribution in [1.29, 1.82) is 0 Å². The maximum atomic E-state index is 13.1. The zero-order valence-electron chi connectivity index (χ0n) is 17.5. The van der Waals surface area contributed by atoms with Crippen molar-refractivity contribution < 1.29 is 9.59 Å². The van der Waals surface area contributed by atoms with Crippen LogP contribution in [0, 0.1) is 13.8 Å². The monoisotopic (exact) mass is 406 g/mol. The van der Waals surface area contributed by atoms with Crippen molar-refractivity contribution >= 4 is 17.5 Å². The molecule has 8 heteroatoms. The summed E-state index contributed by atoms with van der Waals surface area (Å²) in [6, 6.07) is 9.05. The van der Waals surface area contributed by atoms with Crippen LogP contribution < -0.4 is 5.32 Å². The fraction of sp³-hybridized carbons (Fsp3) is 0.364. The molecule has 0 aliphatic carbocycles. The fourth-order valence-corrected chi connectivity index (χ4v) is 3.84. The van der Waals surface area contributed by atoms with E-state index in [4.69, 9.17) is 0 Å². The third-order valence-corrected chi connectivity index (χ3v) is 5.67. The van der Waals surface area contributed by atoms with E-state index in [1.165, 1.54) is 0 Å². The Balaban J connectivity index is 1.44. The third kappa shape index (κ3) is 3.98. The van der Waals surface area contributed by atoms with E-state index in [2.05, 4.69) is 20.5 Å². The molecule has 2 N–H and O–H groups in total. The molecule has 0 atom stereocenters. The van der Waals surface area contributed by atoms with Gasteiger partial charge in [0.05, 0.1) is 0 Å². The Kier molecular flexibility index (Phi) is 5.39. The minimum absolute atomic E-state index is 0.0195. The number of likely N-dealkylation sites (tertiary alicyclic amines) is 1. The van der Waals surface area contributed by atoms with Gasteiger partial charge in [-0.15, -0.1) is 0 Å². The minimum atomic E-state index is -0.196. The Labute approximate surface area is 175 Å². The number of nitrogens with one attached hydrogen (secondary N) is 2. The zero-order valence-corrected chi connectivity index (χ0v) is 17.5. The molecule has 2 amide bonds. The molecule has 0 radical (unpaired) electrons. The number of rotatable bonds is 4. The molecule has 0 saturated carbocycles. The van der Waals surface area contributed by atoms with E-state index in [9.17, 15) is 9.59 Å². The van der Waals surface area contributed by atoms with Crippen LogP contribution in [-0.4, -0.2) is 49.6 Å². The number of amides is 2. The van der Waals surface area contributed by atoms with Gasteiger partial charge in [-0.3, -0.25) is 14.7 Å². The van der Waals surface area contributed by atoms with E-state index in [0.29, 0.717) is 30.0 Å². The molecule has 1 fully saturated rings. The smallest absolute Gasteiger partial charge is 0.272 e. The van der Waals surface area contributed by atoms with E-state index < -0.39 is 0 Å². The number of aromatic amines is 1. The average molecular weight is 406 g/mol. The molecule has 1 aromatic carbocycles. The van der Waals surface area contributed by atoms with Crippen LogP contribution >= 0.6 is 0 Å². The van der Waals surface area contributed by atoms with Crippen LogP contribution in [0.3, 0.4) is 0 Å². The Morgan fingerprint density at radius 1 is 1.17 bits per heavy atom. The highest BCUT2D eigenvalue weighted by molar-refractivity contribution is 6.04. The summed E-state index contributed by atoms with van der Waals surface area (Å²) in [5, 5.41) is 10.1. The second-order valence-corrected chi connectivity index (χ2v) is 7.83. The fourth-order valence-electron chi connectivity index (χ4n) is 3.84. The van der Waals surface area contributed by atoms with Crippen molar-refractivity contribution in [2.75, 3.05) is 18.4 Å². The predicted octanol–water partition coefficient (Wildman–Crippen LogP) is 3.03. The largest absolute Gasteiger partial charge is 0.347 e. The van der Waals surface area contributed by atoms with Crippen molar-refractivity contribution in [3.05, 3.63) is 65.0 Å². The number of aryl methyl sites for hydroxylation is 3. The predicted molar refractivity (Wildman–Crippen MR) is 114 cm³/mol. The summed E-state index contributed by atoms with van der Waals surface area (Å²) in [6.07, 6.45) is 3.50. The molecule has 2 aromatic heterocycles. The summed E-state index contributed by atoms with van der Waals surface area (Å²) in [4.78, 5) is 31.9. The summed E-state index contributed by atoms with van der Waals surface area (Å²) in [6.45, 7) is 5.13. The minimum Gasteiger partial charge on any atom is -0.347 e. The van der Waals surface area contributed by atoms with Gasteiger partial charge in [-0.25, -0.2) is 4.98 Å². The zero-order chi connectivity index (χ0) is 21.3. The average Bonchev–Trinajstić information content (AvgIpc) is 3.37. The highest BCUT2D eigenvalue weighted by Crippen LogP contribution is 2.27. The lowest BCUT2D eigenvalue weighted by Gasteiger charge is -2.31. The lowest BCUT2D eigenvalue weighted by molar-refractivity contribution is 0.0711. The molecule has 0 bridgehead atoms. The molecule has 8 nitrogen and oxygen atoms in total. The Bertz CT molecular complexity index is 1070. The first-order valence-electron chi connectivity index (χ1n) is 10.1. The normalized spacial score (nSPS) is 14.7. The molecule has 156 valence electrons. The van der Waals surface area contributed by atoms with Crippen molar-refractivity contribution in [3.8, 4) is 0 Å². The molecular formula is C22H26N6O2.